The van der Waals surface area contributed by atoms with E-state index >= 15 is 0 Å². The van der Waals surface area contributed by atoms with Crippen LogP contribution >= 0.6 is 0 Å². The second-order valence-electron chi connectivity index (χ2n) is 6.11. The van der Waals surface area contributed by atoms with Gasteiger partial charge in [-0.15, -0.1) is 0 Å². The van der Waals surface area contributed by atoms with E-state index in [1.807, 2.05) is 4.90 Å². The fourth-order valence-corrected chi connectivity index (χ4v) is 3.47. The predicted molar refractivity (Wildman–Crippen MR) is 72.1 cm³/mol. The molecule has 1 saturated heterocycles. The molecule has 1 aliphatic heterocycles. The van der Waals surface area contributed by atoms with E-state index in [-0.39, 0.29) is 25.4 Å². The largest absolute Gasteiger partial charge is 0.480 e. The summed E-state index contributed by atoms with van der Waals surface area (Å²) in [6.45, 7) is 3.10. The minimum absolute atomic E-state index is 0.0503. The van der Waals surface area contributed by atoms with E-state index in [0.29, 0.717) is 19.4 Å². The molecule has 2 rings (SSSR count). The molecule has 1 aliphatic carbocycles. The van der Waals surface area contributed by atoms with Crippen molar-refractivity contribution < 1.29 is 23.1 Å². The van der Waals surface area contributed by atoms with Gasteiger partial charge < -0.3 is 5.11 Å². The maximum Gasteiger partial charge on any atom is 0.391 e. The van der Waals surface area contributed by atoms with Gasteiger partial charge in [0.1, 0.15) is 0 Å². The molecular formula is C14H23F3N2O2. The van der Waals surface area contributed by atoms with Crippen LogP contribution in [0.4, 0.5) is 13.2 Å². The number of halogens is 3. The monoisotopic (exact) mass is 308 g/mol. The van der Waals surface area contributed by atoms with E-state index in [1.165, 1.54) is 0 Å². The third kappa shape index (κ3) is 4.85. The third-order valence-electron chi connectivity index (χ3n) is 4.66. The van der Waals surface area contributed by atoms with E-state index in [1.54, 1.807) is 0 Å². The predicted octanol–water partition coefficient (Wildman–Crippen LogP) is 2.20. The Morgan fingerprint density at radius 3 is 2.29 bits per heavy atom. The molecule has 0 aromatic rings. The molecule has 1 saturated carbocycles. The van der Waals surface area contributed by atoms with Crippen molar-refractivity contribution in [1.82, 2.24) is 9.80 Å². The summed E-state index contributed by atoms with van der Waals surface area (Å²) in [5.41, 5.74) is 0. The van der Waals surface area contributed by atoms with Crippen molar-refractivity contribution in [3.8, 4) is 0 Å². The van der Waals surface area contributed by atoms with Gasteiger partial charge in [0.15, 0.2) is 0 Å². The Labute approximate surface area is 122 Å². The Morgan fingerprint density at radius 2 is 1.71 bits per heavy atom. The number of carbonyl (C=O) groups is 1. The molecule has 21 heavy (non-hydrogen) atoms. The van der Waals surface area contributed by atoms with Crippen LogP contribution in [0.1, 0.15) is 32.1 Å². The van der Waals surface area contributed by atoms with Crippen LogP contribution < -0.4 is 0 Å². The molecule has 7 heteroatoms. The molecule has 122 valence electrons. The Morgan fingerprint density at radius 1 is 1.05 bits per heavy atom. The second kappa shape index (κ2) is 6.96. The van der Waals surface area contributed by atoms with Gasteiger partial charge in [-0.1, -0.05) is 0 Å². The van der Waals surface area contributed by atoms with E-state index in [2.05, 4.69) is 4.90 Å². The average Bonchev–Trinajstić information content (AvgIpc) is 2.63. The second-order valence-corrected chi connectivity index (χ2v) is 6.11. The summed E-state index contributed by atoms with van der Waals surface area (Å²) in [6.07, 6.45) is -1.52. The summed E-state index contributed by atoms with van der Waals surface area (Å²) >= 11 is 0. The average molecular weight is 308 g/mol. The fraction of sp³-hybridized carbons (Fsp3) is 0.929. The summed E-state index contributed by atoms with van der Waals surface area (Å²) in [5, 5.41) is 8.82. The first-order valence-corrected chi connectivity index (χ1v) is 7.61. The molecule has 0 aromatic carbocycles. The van der Waals surface area contributed by atoms with Crippen LogP contribution in [0.25, 0.3) is 0 Å². The zero-order chi connectivity index (χ0) is 15.5. The number of carboxylic acid groups (broad SMARTS) is 1. The van der Waals surface area contributed by atoms with Crippen LogP contribution in [-0.4, -0.2) is 65.8 Å². The Bertz CT molecular complexity index is 355. The zero-order valence-corrected chi connectivity index (χ0v) is 12.1. The van der Waals surface area contributed by atoms with E-state index in [4.69, 9.17) is 5.11 Å². The molecule has 0 atom stereocenters. The summed E-state index contributed by atoms with van der Waals surface area (Å²) < 4.78 is 38.0. The first kappa shape index (κ1) is 16.5. The van der Waals surface area contributed by atoms with Gasteiger partial charge in [0.05, 0.1) is 12.5 Å². The highest BCUT2D eigenvalue weighted by Gasteiger charge is 2.42. The number of aliphatic carboxylic acids is 1. The third-order valence-corrected chi connectivity index (χ3v) is 4.66. The molecule has 2 aliphatic rings. The molecule has 0 amide bonds. The minimum atomic E-state index is -4.05. The first-order chi connectivity index (χ1) is 9.86. The summed E-state index contributed by atoms with van der Waals surface area (Å²) in [5.74, 6) is -1.96. The van der Waals surface area contributed by atoms with E-state index < -0.39 is 18.1 Å². The van der Waals surface area contributed by atoms with Gasteiger partial charge in [0.25, 0.3) is 0 Å². The molecule has 1 N–H and O–H groups in total. The van der Waals surface area contributed by atoms with Crippen LogP contribution in [0, 0.1) is 5.92 Å². The van der Waals surface area contributed by atoms with E-state index in [9.17, 15) is 18.0 Å². The lowest BCUT2D eigenvalue weighted by atomic mass is 9.85. The summed E-state index contributed by atoms with van der Waals surface area (Å²) in [7, 11) is 0. The topological polar surface area (TPSA) is 43.8 Å². The normalized spacial score (nSPS) is 30.0. The lowest BCUT2D eigenvalue weighted by Crippen LogP contribution is -2.42. The maximum atomic E-state index is 12.7. The van der Waals surface area contributed by atoms with Crippen molar-refractivity contribution in [3.05, 3.63) is 0 Å². The standard InChI is InChI=1S/C14H23F3N2O2/c15-14(16,17)11-2-4-12(5-3-11)19-7-1-6-18(8-9-19)10-13(20)21/h11-12H,1-10H2,(H,20,21). The lowest BCUT2D eigenvalue weighted by molar-refractivity contribution is -0.184. The highest BCUT2D eigenvalue weighted by Crippen LogP contribution is 2.38. The Balaban J connectivity index is 1.80. The number of rotatable bonds is 3. The number of carboxylic acids is 1. The van der Waals surface area contributed by atoms with Crippen LogP contribution in [0.5, 0.6) is 0 Å². The first-order valence-electron chi connectivity index (χ1n) is 7.61. The van der Waals surface area contributed by atoms with Gasteiger partial charge >= 0.3 is 12.1 Å². The molecule has 2 fully saturated rings. The van der Waals surface area contributed by atoms with Crippen LogP contribution in [-0.2, 0) is 4.79 Å². The fourth-order valence-electron chi connectivity index (χ4n) is 3.47. The molecule has 0 bridgehead atoms. The highest BCUT2D eigenvalue weighted by atomic mass is 19.4. The summed E-state index contributed by atoms with van der Waals surface area (Å²) in [4.78, 5) is 14.9. The van der Waals surface area contributed by atoms with Crippen molar-refractivity contribution in [2.24, 2.45) is 5.92 Å². The van der Waals surface area contributed by atoms with Crippen molar-refractivity contribution in [1.29, 1.82) is 0 Å². The van der Waals surface area contributed by atoms with Crippen molar-refractivity contribution >= 4 is 5.97 Å². The highest BCUT2D eigenvalue weighted by molar-refractivity contribution is 5.69. The Kier molecular flexibility index (Phi) is 5.48. The number of hydrogen-bond donors (Lipinski definition) is 1. The van der Waals surface area contributed by atoms with Crippen LogP contribution in [0.2, 0.25) is 0 Å². The molecule has 0 spiro atoms. The summed E-state index contributed by atoms with van der Waals surface area (Å²) in [6, 6.07) is 0.230. The lowest BCUT2D eigenvalue weighted by Gasteiger charge is -2.36. The quantitative estimate of drug-likeness (QED) is 0.868. The zero-order valence-electron chi connectivity index (χ0n) is 12.1. The van der Waals surface area contributed by atoms with Gasteiger partial charge in [-0.2, -0.15) is 13.2 Å². The maximum absolute atomic E-state index is 12.7. The number of hydrogen-bond acceptors (Lipinski definition) is 3. The molecule has 1 heterocycles. The van der Waals surface area contributed by atoms with Crippen molar-refractivity contribution in [2.45, 2.75) is 44.3 Å². The molecular weight excluding hydrogens is 285 g/mol. The van der Waals surface area contributed by atoms with Gasteiger partial charge in [-0.25, -0.2) is 0 Å². The van der Waals surface area contributed by atoms with Crippen molar-refractivity contribution in [2.75, 3.05) is 32.7 Å². The Hall–Kier alpha value is -0.820. The van der Waals surface area contributed by atoms with Gasteiger partial charge in [-0.3, -0.25) is 14.6 Å². The van der Waals surface area contributed by atoms with Crippen LogP contribution in [0.3, 0.4) is 0 Å². The SMILES string of the molecule is O=C(O)CN1CCCN(C2CCC(C(F)(F)F)CC2)CC1. The van der Waals surface area contributed by atoms with E-state index in [0.717, 1.165) is 26.1 Å². The molecule has 0 radical (unpaired) electrons. The number of alkyl halides is 3. The molecule has 0 aromatic heterocycles. The van der Waals surface area contributed by atoms with Crippen LogP contribution in [0.15, 0.2) is 0 Å². The molecule has 4 nitrogen and oxygen atoms in total. The van der Waals surface area contributed by atoms with Gasteiger partial charge in [-0.05, 0) is 38.6 Å². The minimum Gasteiger partial charge on any atom is -0.480 e. The smallest absolute Gasteiger partial charge is 0.391 e. The van der Waals surface area contributed by atoms with Gasteiger partial charge in [0, 0.05) is 25.7 Å². The number of nitrogens with zero attached hydrogens (tertiary/aromatic N) is 2. The molecule has 0 unspecified atom stereocenters. The van der Waals surface area contributed by atoms with Gasteiger partial charge in [0.2, 0.25) is 0 Å². The van der Waals surface area contributed by atoms with Crippen molar-refractivity contribution in [3.63, 3.8) is 0 Å².